The Morgan fingerprint density at radius 3 is 2.19 bits per heavy atom. The van der Waals surface area contributed by atoms with Crippen LogP contribution in [0.2, 0.25) is 0 Å². The topological polar surface area (TPSA) is 124 Å². The predicted octanol–water partition coefficient (Wildman–Crippen LogP) is -1.48. The van der Waals surface area contributed by atoms with E-state index in [1.165, 1.54) is 30.3 Å². The second-order valence-electron chi connectivity index (χ2n) is 5.43. The molecule has 0 fully saturated rings. The quantitative estimate of drug-likeness (QED) is 0.263. The number of rotatable bonds is 7. The van der Waals surface area contributed by atoms with Gasteiger partial charge in [-0.05, 0) is 24.6 Å². The molecule has 2 rings (SSSR count). The molecule has 0 bridgehead atoms. The Bertz CT molecular complexity index is 838. The molecule has 0 saturated heterocycles. The minimum Gasteiger partial charge on any atom is -0.548 e. The number of hydrogen-bond donors (Lipinski definition) is 2. The third kappa shape index (κ3) is 6.86. The number of nitro groups is 1. The van der Waals surface area contributed by atoms with Crippen molar-refractivity contribution in [2.24, 2.45) is 0 Å². The SMILES string of the molecule is CC(=CC(=O)Nc1ccc([N+](=O)[O-])cc1)N[C@H](C(=O)[O-])c1ccccc1.[Na+]. The Labute approximate surface area is 177 Å². The normalized spacial score (nSPS) is 11.7. The zero-order chi connectivity index (χ0) is 19.1. The van der Waals surface area contributed by atoms with Gasteiger partial charge in [0.1, 0.15) is 0 Å². The monoisotopic (exact) mass is 377 g/mol. The van der Waals surface area contributed by atoms with Gasteiger partial charge in [-0.2, -0.15) is 0 Å². The summed E-state index contributed by atoms with van der Waals surface area (Å²) in [5.41, 5.74) is 1.11. The molecule has 0 saturated carbocycles. The number of non-ortho nitro benzene ring substituents is 1. The Morgan fingerprint density at radius 2 is 1.67 bits per heavy atom. The first-order chi connectivity index (χ1) is 12.4. The number of amides is 1. The van der Waals surface area contributed by atoms with Gasteiger partial charge in [-0.1, -0.05) is 30.3 Å². The first-order valence-corrected chi connectivity index (χ1v) is 7.63. The Balaban J connectivity index is 0.00000364. The molecule has 0 aromatic heterocycles. The van der Waals surface area contributed by atoms with Gasteiger partial charge in [-0.25, -0.2) is 0 Å². The summed E-state index contributed by atoms with van der Waals surface area (Å²) < 4.78 is 0. The molecular formula is C18H16N3NaO5. The number of carbonyl (C=O) groups excluding carboxylic acids is 2. The van der Waals surface area contributed by atoms with Crippen molar-refractivity contribution in [3.8, 4) is 0 Å². The van der Waals surface area contributed by atoms with Crippen molar-refractivity contribution >= 4 is 23.3 Å². The van der Waals surface area contributed by atoms with Crippen LogP contribution in [0.3, 0.4) is 0 Å². The number of anilines is 1. The third-order valence-electron chi connectivity index (χ3n) is 3.43. The van der Waals surface area contributed by atoms with Gasteiger partial charge in [0.15, 0.2) is 0 Å². The summed E-state index contributed by atoms with van der Waals surface area (Å²) in [6, 6.07) is 12.7. The summed E-state index contributed by atoms with van der Waals surface area (Å²) >= 11 is 0. The second-order valence-corrected chi connectivity index (χ2v) is 5.43. The van der Waals surface area contributed by atoms with Crippen molar-refractivity contribution in [3.63, 3.8) is 0 Å². The van der Waals surface area contributed by atoms with Crippen LogP contribution in [0, 0.1) is 10.1 Å². The molecule has 2 N–H and O–H groups in total. The summed E-state index contributed by atoms with van der Waals surface area (Å²) in [5.74, 6) is -1.83. The van der Waals surface area contributed by atoms with Crippen LogP contribution < -0.4 is 45.3 Å². The molecule has 8 nitrogen and oxygen atoms in total. The van der Waals surface area contributed by atoms with Crippen LogP contribution in [0.4, 0.5) is 11.4 Å². The number of hydrogen-bond acceptors (Lipinski definition) is 6. The van der Waals surface area contributed by atoms with Gasteiger partial charge < -0.3 is 20.5 Å². The molecule has 2 aromatic carbocycles. The van der Waals surface area contributed by atoms with Gasteiger partial charge in [0.05, 0.1) is 16.9 Å². The van der Waals surface area contributed by atoms with Crippen molar-refractivity contribution in [2.45, 2.75) is 13.0 Å². The molecule has 9 heteroatoms. The maximum absolute atomic E-state index is 12.0. The first-order valence-electron chi connectivity index (χ1n) is 7.63. The van der Waals surface area contributed by atoms with E-state index in [1.807, 2.05) is 0 Å². The summed E-state index contributed by atoms with van der Waals surface area (Å²) in [6.07, 6.45) is 1.19. The average Bonchev–Trinajstić information content (AvgIpc) is 2.60. The second kappa shape index (κ2) is 10.5. The minimum absolute atomic E-state index is 0. The average molecular weight is 377 g/mol. The van der Waals surface area contributed by atoms with E-state index in [-0.39, 0.29) is 35.2 Å². The number of allylic oxidation sites excluding steroid dienone is 1. The van der Waals surface area contributed by atoms with E-state index in [0.717, 1.165) is 0 Å². The number of nitrogens with zero attached hydrogens (tertiary/aromatic N) is 1. The van der Waals surface area contributed by atoms with Crippen LogP contribution in [0.1, 0.15) is 18.5 Å². The van der Waals surface area contributed by atoms with E-state index in [9.17, 15) is 24.8 Å². The Morgan fingerprint density at radius 1 is 1.07 bits per heavy atom. The standard InChI is InChI=1S/C18H17N3O5.Na/c1-12(19-17(18(23)24)13-5-3-2-4-6-13)11-16(22)20-14-7-9-15(10-8-14)21(25)26;/h2-11,17,19H,1H3,(H,20,22)(H,23,24);/q;+1/p-1/t17-;/m0./s1. The number of benzene rings is 2. The number of carboxylic acids is 1. The zero-order valence-electron chi connectivity index (χ0n) is 14.8. The van der Waals surface area contributed by atoms with Gasteiger partial charge >= 0.3 is 29.6 Å². The molecular weight excluding hydrogens is 361 g/mol. The maximum Gasteiger partial charge on any atom is 1.00 e. The van der Waals surface area contributed by atoms with E-state index < -0.39 is 22.8 Å². The van der Waals surface area contributed by atoms with Crippen molar-refractivity contribution in [2.75, 3.05) is 5.32 Å². The molecule has 0 spiro atoms. The van der Waals surface area contributed by atoms with Crippen molar-refractivity contribution in [1.29, 1.82) is 0 Å². The summed E-state index contributed by atoms with van der Waals surface area (Å²) in [5, 5.41) is 27.2. The van der Waals surface area contributed by atoms with E-state index in [4.69, 9.17) is 0 Å². The van der Waals surface area contributed by atoms with Crippen LogP contribution in [0.25, 0.3) is 0 Å². The molecule has 1 atom stereocenters. The molecule has 0 aliphatic rings. The number of carboxylic acid groups (broad SMARTS) is 1. The fraction of sp³-hybridized carbons (Fsp3) is 0.111. The molecule has 0 aliphatic heterocycles. The van der Waals surface area contributed by atoms with Crippen LogP contribution >= 0.6 is 0 Å². The van der Waals surface area contributed by atoms with E-state index in [2.05, 4.69) is 10.6 Å². The molecule has 134 valence electrons. The van der Waals surface area contributed by atoms with Crippen LogP contribution in [0.5, 0.6) is 0 Å². The zero-order valence-corrected chi connectivity index (χ0v) is 16.8. The molecule has 0 aliphatic carbocycles. The fourth-order valence-electron chi connectivity index (χ4n) is 2.23. The van der Waals surface area contributed by atoms with Crippen molar-refractivity contribution in [1.82, 2.24) is 5.32 Å². The molecule has 0 unspecified atom stereocenters. The fourth-order valence-corrected chi connectivity index (χ4v) is 2.23. The Hall–Kier alpha value is -2.68. The first kappa shape index (κ1) is 22.4. The van der Waals surface area contributed by atoms with Gasteiger partial charge in [0.25, 0.3) is 5.69 Å². The Kier molecular flexibility index (Phi) is 8.67. The van der Waals surface area contributed by atoms with Gasteiger partial charge in [0.2, 0.25) is 5.91 Å². The predicted molar refractivity (Wildman–Crippen MR) is 92.8 cm³/mol. The number of nitro benzene ring substituents is 1. The third-order valence-corrected chi connectivity index (χ3v) is 3.43. The summed E-state index contributed by atoms with van der Waals surface area (Å²) in [7, 11) is 0. The number of carbonyl (C=O) groups is 2. The van der Waals surface area contributed by atoms with E-state index in [1.54, 1.807) is 37.3 Å². The summed E-state index contributed by atoms with van der Waals surface area (Å²) in [6.45, 7) is 1.55. The van der Waals surface area contributed by atoms with Gasteiger partial charge in [-0.3, -0.25) is 14.9 Å². The minimum atomic E-state index is -1.32. The number of nitrogens with one attached hydrogen (secondary N) is 2. The maximum atomic E-state index is 12.0. The van der Waals surface area contributed by atoms with Crippen molar-refractivity contribution in [3.05, 3.63) is 82.0 Å². The summed E-state index contributed by atoms with van der Waals surface area (Å²) in [4.78, 5) is 33.4. The molecule has 0 radical (unpaired) electrons. The largest absolute Gasteiger partial charge is 1.00 e. The number of aliphatic carboxylic acids is 1. The van der Waals surface area contributed by atoms with E-state index in [0.29, 0.717) is 16.9 Å². The van der Waals surface area contributed by atoms with E-state index >= 15 is 0 Å². The molecule has 27 heavy (non-hydrogen) atoms. The van der Waals surface area contributed by atoms with Crippen LogP contribution in [-0.2, 0) is 9.59 Å². The molecule has 0 heterocycles. The van der Waals surface area contributed by atoms with Crippen molar-refractivity contribution < 1.29 is 49.2 Å². The van der Waals surface area contributed by atoms with Crippen LogP contribution in [-0.4, -0.2) is 16.8 Å². The van der Waals surface area contributed by atoms with Gasteiger partial charge in [-0.15, -0.1) is 0 Å². The van der Waals surface area contributed by atoms with Gasteiger partial charge in [0, 0.05) is 29.6 Å². The smallest absolute Gasteiger partial charge is 0.548 e. The van der Waals surface area contributed by atoms with Crippen LogP contribution in [0.15, 0.2) is 66.4 Å². The molecule has 2 aromatic rings. The molecule has 1 amide bonds.